The third-order valence-corrected chi connectivity index (χ3v) is 3.52. The summed E-state index contributed by atoms with van der Waals surface area (Å²) in [5.41, 5.74) is 2.75. The molecular weight excluding hydrogens is 290 g/mol. The average Bonchev–Trinajstić information content (AvgIpc) is 2.83. The van der Waals surface area contributed by atoms with E-state index in [9.17, 15) is 9.90 Å². The molecule has 0 atom stereocenters. The molecule has 0 fully saturated rings. The number of aromatic nitrogens is 3. The highest BCUT2D eigenvalue weighted by Crippen LogP contribution is 2.23. The summed E-state index contributed by atoms with van der Waals surface area (Å²) >= 11 is 5.98. The monoisotopic (exact) mass is 301 g/mol. The Bertz CT molecular complexity index is 871. The molecule has 0 aliphatic rings. The smallest absolute Gasteiger partial charge is 0.339 e. The fraction of sp³-hybridized carbons (Fsp3) is 0.133. The van der Waals surface area contributed by atoms with Crippen LogP contribution in [0.25, 0.3) is 17.0 Å². The van der Waals surface area contributed by atoms with E-state index in [0.717, 1.165) is 11.3 Å². The Morgan fingerprint density at radius 2 is 2.05 bits per heavy atom. The number of aryl methyl sites for hydroxylation is 2. The highest BCUT2D eigenvalue weighted by atomic mass is 35.5. The van der Waals surface area contributed by atoms with E-state index in [-0.39, 0.29) is 5.56 Å². The zero-order valence-electron chi connectivity index (χ0n) is 11.5. The number of fused-ring (bicyclic) bond motifs is 1. The number of carboxylic acids is 1. The van der Waals surface area contributed by atoms with Crippen LogP contribution in [0.15, 0.2) is 30.3 Å². The molecule has 0 unspecified atom stereocenters. The molecule has 5 nitrogen and oxygen atoms in total. The third kappa shape index (κ3) is 2.25. The van der Waals surface area contributed by atoms with E-state index >= 15 is 0 Å². The minimum absolute atomic E-state index is 0.168. The number of rotatable bonds is 2. The maximum absolute atomic E-state index is 11.4. The van der Waals surface area contributed by atoms with Crippen molar-refractivity contribution in [3.05, 3.63) is 52.2 Å². The van der Waals surface area contributed by atoms with E-state index in [1.54, 1.807) is 35.7 Å². The van der Waals surface area contributed by atoms with Crippen LogP contribution >= 0.6 is 11.6 Å². The Morgan fingerprint density at radius 3 is 2.71 bits per heavy atom. The molecule has 0 saturated carbocycles. The fourth-order valence-electron chi connectivity index (χ4n) is 2.36. The van der Waals surface area contributed by atoms with E-state index in [1.165, 1.54) is 0 Å². The van der Waals surface area contributed by atoms with Gasteiger partial charge in [0, 0.05) is 16.3 Å². The van der Waals surface area contributed by atoms with Gasteiger partial charge in [-0.05, 0) is 37.6 Å². The van der Waals surface area contributed by atoms with Gasteiger partial charge >= 0.3 is 5.97 Å². The van der Waals surface area contributed by atoms with Crippen molar-refractivity contribution in [1.29, 1.82) is 0 Å². The molecule has 0 saturated heterocycles. The standard InChI is InChI=1S/C15H12ClN3O2/c1-8-6-9(2)19-14(12(8)15(20)21)17-13(18-19)10-4-3-5-11(16)7-10/h3-7H,1-2H3,(H,20,21). The lowest BCUT2D eigenvalue weighted by atomic mass is 10.1. The predicted octanol–water partition coefficient (Wildman–Crippen LogP) is 3.36. The summed E-state index contributed by atoms with van der Waals surface area (Å²) in [6.45, 7) is 3.62. The van der Waals surface area contributed by atoms with E-state index in [2.05, 4.69) is 10.1 Å². The SMILES string of the molecule is Cc1cc(C)n2nc(-c3cccc(Cl)c3)nc2c1C(=O)O. The van der Waals surface area contributed by atoms with Gasteiger partial charge in [0.05, 0.1) is 0 Å². The number of nitrogens with zero attached hydrogens (tertiary/aromatic N) is 3. The van der Waals surface area contributed by atoms with E-state index in [4.69, 9.17) is 11.6 Å². The molecule has 0 amide bonds. The highest BCUT2D eigenvalue weighted by molar-refractivity contribution is 6.30. The number of carbonyl (C=O) groups is 1. The molecule has 106 valence electrons. The Balaban J connectivity index is 2.32. The third-order valence-electron chi connectivity index (χ3n) is 3.28. The lowest BCUT2D eigenvalue weighted by Crippen LogP contribution is -2.06. The molecule has 1 aromatic carbocycles. The van der Waals surface area contributed by atoms with E-state index in [1.807, 2.05) is 13.0 Å². The van der Waals surface area contributed by atoms with Gasteiger partial charge in [-0.2, -0.15) is 0 Å². The molecule has 0 aliphatic heterocycles. The van der Waals surface area contributed by atoms with Crippen molar-refractivity contribution in [3.63, 3.8) is 0 Å². The second-order valence-corrected chi connectivity index (χ2v) is 5.27. The van der Waals surface area contributed by atoms with E-state index in [0.29, 0.717) is 22.1 Å². The number of hydrogen-bond acceptors (Lipinski definition) is 3. The molecule has 2 heterocycles. The van der Waals surface area contributed by atoms with Crippen LogP contribution < -0.4 is 0 Å². The zero-order chi connectivity index (χ0) is 15.1. The van der Waals surface area contributed by atoms with Gasteiger partial charge in [-0.15, -0.1) is 5.10 Å². The first-order valence-corrected chi connectivity index (χ1v) is 6.71. The first-order valence-electron chi connectivity index (χ1n) is 6.33. The van der Waals surface area contributed by atoms with Crippen LogP contribution in [0.1, 0.15) is 21.6 Å². The van der Waals surface area contributed by atoms with Crippen LogP contribution in [0.2, 0.25) is 5.02 Å². The number of carboxylic acid groups (broad SMARTS) is 1. The maximum Gasteiger partial charge on any atom is 0.339 e. The summed E-state index contributed by atoms with van der Waals surface area (Å²) in [6.07, 6.45) is 0. The van der Waals surface area contributed by atoms with Crippen LogP contribution in [0, 0.1) is 13.8 Å². The van der Waals surface area contributed by atoms with Gasteiger partial charge in [0.15, 0.2) is 11.5 Å². The largest absolute Gasteiger partial charge is 0.478 e. The highest BCUT2D eigenvalue weighted by Gasteiger charge is 2.18. The minimum Gasteiger partial charge on any atom is -0.478 e. The molecule has 6 heteroatoms. The second kappa shape index (κ2) is 4.86. The van der Waals surface area contributed by atoms with Crippen LogP contribution in [-0.2, 0) is 0 Å². The lowest BCUT2D eigenvalue weighted by Gasteiger charge is -2.04. The molecule has 1 N–H and O–H groups in total. The lowest BCUT2D eigenvalue weighted by molar-refractivity contribution is 0.0697. The summed E-state index contributed by atoms with van der Waals surface area (Å²) in [7, 11) is 0. The molecule has 0 radical (unpaired) electrons. The Kier molecular flexibility index (Phi) is 3.14. The van der Waals surface area contributed by atoms with Gasteiger partial charge in [0.2, 0.25) is 0 Å². The Hall–Kier alpha value is -2.40. The molecule has 21 heavy (non-hydrogen) atoms. The van der Waals surface area contributed by atoms with Gasteiger partial charge in [-0.25, -0.2) is 14.3 Å². The summed E-state index contributed by atoms with van der Waals surface area (Å²) < 4.78 is 1.55. The van der Waals surface area contributed by atoms with Crippen LogP contribution in [0.3, 0.4) is 0 Å². The fourth-order valence-corrected chi connectivity index (χ4v) is 2.55. The summed E-state index contributed by atoms with van der Waals surface area (Å²) in [6, 6.07) is 8.94. The van der Waals surface area contributed by atoms with Crippen molar-refractivity contribution in [3.8, 4) is 11.4 Å². The number of benzene rings is 1. The normalized spacial score (nSPS) is 11.0. The topological polar surface area (TPSA) is 67.5 Å². The van der Waals surface area contributed by atoms with Crippen molar-refractivity contribution >= 4 is 23.2 Å². The zero-order valence-corrected chi connectivity index (χ0v) is 12.2. The van der Waals surface area contributed by atoms with Crippen molar-refractivity contribution in [2.24, 2.45) is 0 Å². The van der Waals surface area contributed by atoms with Gasteiger partial charge in [0.25, 0.3) is 0 Å². The van der Waals surface area contributed by atoms with Gasteiger partial charge in [-0.3, -0.25) is 0 Å². The van der Waals surface area contributed by atoms with Gasteiger partial charge < -0.3 is 5.11 Å². The van der Waals surface area contributed by atoms with Crippen molar-refractivity contribution in [2.75, 3.05) is 0 Å². The summed E-state index contributed by atoms with van der Waals surface area (Å²) in [5, 5.41) is 14.3. The van der Waals surface area contributed by atoms with Gasteiger partial charge in [0.1, 0.15) is 5.56 Å². The van der Waals surface area contributed by atoms with Crippen LogP contribution in [0.5, 0.6) is 0 Å². The number of halogens is 1. The minimum atomic E-state index is -1.01. The van der Waals surface area contributed by atoms with E-state index < -0.39 is 5.97 Å². The quantitative estimate of drug-likeness (QED) is 0.788. The van der Waals surface area contributed by atoms with Crippen molar-refractivity contribution < 1.29 is 9.90 Å². The Morgan fingerprint density at radius 1 is 1.29 bits per heavy atom. The molecule has 0 bridgehead atoms. The molecule has 0 spiro atoms. The first-order chi connectivity index (χ1) is 9.97. The Labute approximate surface area is 125 Å². The summed E-state index contributed by atoms with van der Waals surface area (Å²) in [4.78, 5) is 15.8. The first kappa shape index (κ1) is 13.6. The average molecular weight is 302 g/mol. The van der Waals surface area contributed by atoms with Crippen LogP contribution in [0.4, 0.5) is 0 Å². The summed E-state index contributed by atoms with van der Waals surface area (Å²) in [5.74, 6) is -0.559. The van der Waals surface area contributed by atoms with Crippen LogP contribution in [-0.4, -0.2) is 25.7 Å². The maximum atomic E-state index is 11.4. The predicted molar refractivity (Wildman–Crippen MR) is 79.9 cm³/mol. The second-order valence-electron chi connectivity index (χ2n) is 4.83. The van der Waals surface area contributed by atoms with Crippen molar-refractivity contribution in [2.45, 2.75) is 13.8 Å². The molecule has 3 rings (SSSR count). The molecule has 3 aromatic rings. The molecule has 2 aromatic heterocycles. The number of hydrogen-bond donors (Lipinski definition) is 1. The molecule has 0 aliphatic carbocycles. The number of pyridine rings is 1. The molecular formula is C15H12ClN3O2. The van der Waals surface area contributed by atoms with Gasteiger partial charge in [-0.1, -0.05) is 23.7 Å². The van der Waals surface area contributed by atoms with Crippen molar-refractivity contribution in [1.82, 2.24) is 14.6 Å². The number of aromatic carboxylic acids is 1.